The van der Waals surface area contributed by atoms with Crippen LogP contribution in [0, 0.1) is 0 Å². The van der Waals surface area contributed by atoms with Gasteiger partial charge in [-0.2, -0.15) is 0 Å². The Bertz CT molecular complexity index is 852. The molecule has 158 valence electrons. The highest BCUT2D eigenvalue weighted by Crippen LogP contribution is 2.41. The first-order valence-corrected chi connectivity index (χ1v) is 10.1. The summed E-state index contributed by atoms with van der Waals surface area (Å²) in [5, 5.41) is 5.38. The third kappa shape index (κ3) is 5.29. The fourth-order valence-corrected chi connectivity index (χ4v) is 3.58. The predicted molar refractivity (Wildman–Crippen MR) is 110 cm³/mol. The van der Waals surface area contributed by atoms with E-state index in [1.807, 2.05) is 6.92 Å². The van der Waals surface area contributed by atoms with Crippen LogP contribution in [-0.2, 0) is 14.3 Å². The van der Waals surface area contributed by atoms with Crippen molar-refractivity contribution in [3.8, 4) is 11.5 Å². The van der Waals surface area contributed by atoms with Crippen molar-refractivity contribution in [2.45, 2.75) is 46.8 Å². The normalized spacial score (nSPS) is 17.2. The quantitative estimate of drug-likeness (QED) is 0.566. The summed E-state index contributed by atoms with van der Waals surface area (Å²) in [6, 6.07) is 2.37. The number of ether oxygens (including phenoxy) is 3. The molecule has 2 atom stereocenters. The van der Waals surface area contributed by atoms with Gasteiger partial charge in [0, 0.05) is 11.3 Å². The third-order valence-electron chi connectivity index (χ3n) is 4.23. The van der Waals surface area contributed by atoms with Crippen LogP contribution in [0.4, 0.5) is 4.79 Å². The minimum atomic E-state index is -0.843. The number of Topliss-reactive ketones (excluding diaryl/α,β-unsaturated/α-hetero) is 1. The maximum atomic E-state index is 12.2. The van der Waals surface area contributed by atoms with Gasteiger partial charge in [0.15, 0.2) is 23.4 Å². The number of hydrogen-bond acceptors (Lipinski definition) is 6. The Kier molecular flexibility index (Phi) is 7.66. The molecule has 1 heterocycles. The number of urea groups is 1. The summed E-state index contributed by atoms with van der Waals surface area (Å²) in [6.45, 7) is 8.85. The van der Waals surface area contributed by atoms with Gasteiger partial charge in [-0.15, -0.1) is 0 Å². The molecule has 1 aliphatic rings. The number of hydrogen-bond donors (Lipinski definition) is 2. The fourth-order valence-electron chi connectivity index (χ4n) is 3.03. The number of amides is 2. The number of nitrogens with one attached hydrogen (secondary N) is 2. The molecule has 0 saturated carbocycles. The summed E-state index contributed by atoms with van der Waals surface area (Å²) >= 11 is 3.45. The highest BCUT2D eigenvalue weighted by Gasteiger charge is 2.31. The van der Waals surface area contributed by atoms with Crippen LogP contribution < -0.4 is 20.1 Å². The highest BCUT2D eigenvalue weighted by atomic mass is 79.9. The Hall–Kier alpha value is -2.55. The van der Waals surface area contributed by atoms with E-state index in [-0.39, 0.29) is 12.4 Å². The Morgan fingerprint density at radius 1 is 1.24 bits per heavy atom. The van der Waals surface area contributed by atoms with Crippen molar-refractivity contribution in [1.82, 2.24) is 10.6 Å². The summed E-state index contributed by atoms with van der Waals surface area (Å²) in [4.78, 5) is 36.1. The lowest BCUT2D eigenvalue weighted by molar-refractivity contribution is -0.150. The molecular formula is C20H25BrN2O6. The van der Waals surface area contributed by atoms with E-state index in [0.29, 0.717) is 39.4 Å². The van der Waals surface area contributed by atoms with Gasteiger partial charge in [0.2, 0.25) is 0 Å². The number of halogens is 1. The average molecular weight is 469 g/mol. The molecule has 9 heteroatoms. The molecule has 1 aromatic rings. The summed E-state index contributed by atoms with van der Waals surface area (Å²) in [5.74, 6) is 0.0576. The van der Waals surface area contributed by atoms with Crippen molar-refractivity contribution in [2.24, 2.45) is 0 Å². The molecule has 29 heavy (non-hydrogen) atoms. The number of ketones is 1. The molecule has 1 aromatic carbocycles. The Labute approximate surface area is 178 Å². The van der Waals surface area contributed by atoms with Gasteiger partial charge in [-0.1, -0.05) is 0 Å². The van der Waals surface area contributed by atoms with Crippen LogP contribution in [0.25, 0.3) is 0 Å². The van der Waals surface area contributed by atoms with Crippen molar-refractivity contribution >= 4 is 33.7 Å². The molecule has 1 aliphatic heterocycles. The van der Waals surface area contributed by atoms with Crippen molar-refractivity contribution in [1.29, 1.82) is 0 Å². The molecule has 0 spiro atoms. The topological polar surface area (TPSA) is 103 Å². The maximum absolute atomic E-state index is 12.2. The van der Waals surface area contributed by atoms with E-state index in [9.17, 15) is 14.4 Å². The van der Waals surface area contributed by atoms with E-state index in [4.69, 9.17) is 14.2 Å². The molecule has 2 N–H and O–H groups in total. The lowest BCUT2D eigenvalue weighted by Crippen LogP contribution is -2.44. The van der Waals surface area contributed by atoms with Crippen LogP contribution in [0.3, 0.4) is 0 Å². The number of rotatable bonds is 8. The molecule has 8 nitrogen and oxygen atoms in total. The van der Waals surface area contributed by atoms with Crippen LogP contribution in [0.15, 0.2) is 27.9 Å². The number of esters is 1. The molecule has 0 aromatic heterocycles. The molecule has 0 fully saturated rings. The summed E-state index contributed by atoms with van der Waals surface area (Å²) in [5.41, 5.74) is 1.58. The van der Waals surface area contributed by atoms with Gasteiger partial charge in [0.1, 0.15) is 0 Å². The zero-order valence-corrected chi connectivity index (χ0v) is 18.6. The van der Waals surface area contributed by atoms with Crippen LogP contribution >= 0.6 is 15.9 Å². The Morgan fingerprint density at radius 2 is 1.93 bits per heavy atom. The minimum absolute atomic E-state index is 0.162. The summed E-state index contributed by atoms with van der Waals surface area (Å²) in [7, 11) is 0. The van der Waals surface area contributed by atoms with Crippen LogP contribution in [-0.4, -0.2) is 37.1 Å². The molecule has 2 rings (SSSR count). The standard InChI is InChI=1S/C20H25BrN2O6/c1-6-27-15-9-13(17-16(11(4)24)10(3)22-20(26)23-17)8-14(21)18(15)29-12(5)19(25)28-7-2/h8-9,12,17H,6-7H2,1-5H3,(H2,22,23,26)/t12-,17+/m1/s1. The minimum Gasteiger partial charge on any atom is -0.490 e. The number of carbonyl (C=O) groups excluding carboxylic acids is 3. The molecule has 0 radical (unpaired) electrons. The molecule has 2 amide bonds. The summed E-state index contributed by atoms with van der Waals surface area (Å²) < 4.78 is 17.0. The Morgan fingerprint density at radius 3 is 2.52 bits per heavy atom. The zero-order valence-electron chi connectivity index (χ0n) is 17.1. The van der Waals surface area contributed by atoms with E-state index in [1.165, 1.54) is 6.92 Å². The van der Waals surface area contributed by atoms with Gasteiger partial charge in [0.25, 0.3) is 0 Å². The molecular weight excluding hydrogens is 444 g/mol. The van der Waals surface area contributed by atoms with E-state index in [0.717, 1.165) is 0 Å². The number of benzene rings is 1. The van der Waals surface area contributed by atoms with Gasteiger partial charge < -0.3 is 24.8 Å². The lowest BCUT2D eigenvalue weighted by Gasteiger charge is -2.29. The second-order valence-corrected chi connectivity index (χ2v) is 7.26. The van der Waals surface area contributed by atoms with Gasteiger partial charge >= 0.3 is 12.0 Å². The smallest absolute Gasteiger partial charge is 0.347 e. The predicted octanol–water partition coefficient (Wildman–Crippen LogP) is 3.40. The number of allylic oxidation sites excluding steroid dienone is 1. The van der Waals surface area contributed by atoms with Gasteiger partial charge in [-0.05, 0) is 68.2 Å². The molecule has 0 aliphatic carbocycles. The fraction of sp³-hybridized carbons (Fsp3) is 0.450. The van der Waals surface area contributed by atoms with Crippen LogP contribution in [0.2, 0.25) is 0 Å². The van der Waals surface area contributed by atoms with E-state index in [2.05, 4.69) is 26.6 Å². The van der Waals surface area contributed by atoms with Gasteiger partial charge in [0.05, 0.1) is 23.7 Å². The largest absolute Gasteiger partial charge is 0.490 e. The molecule has 0 unspecified atom stereocenters. The van der Waals surface area contributed by atoms with Crippen LogP contribution in [0.5, 0.6) is 11.5 Å². The first-order valence-electron chi connectivity index (χ1n) is 9.28. The van der Waals surface area contributed by atoms with Crippen molar-refractivity contribution in [2.75, 3.05) is 13.2 Å². The number of carbonyl (C=O) groups is 3. The lowest BCUT2D eigenvalue weighted by atomic mass is 9.93. The molecule has 0 bridgehead atoms. The second kappa shape index (κ2) is 9.78. The Balaban J connectivity index is 2.48. The van der Waals surface area contributed by atoms with E-state index in [1.54, 1.807) is 32.9 Å². The molecule has 0 saturated heterocycles. The second-order valence-electron chi connectivity index (χ2n) is 6.40. The zero-order chi connectivity index (χ0) is 21.7. The SMILES string of the molecule is CCOC(=O)[C@@H](C)Oc1c(Br)cc([C@@H]2NC(=O)NC(C)=C2C(C)=O)cc1OCC. The van der Waals surface area contributed by atoms with Crippen molar-refractivity contribution in [3.63, 3.8) is 0 Å². The first-order chi connectivity index (χ1) is 13.7. The van der Waals surface area contributed by atoms with Crippen molar-refractivity contribution < 1.29 is 28.6 Å². The van der Waals surface area contributed by atoms with E-state index < -0.39 is 24.1 Å². The van der Waals surface area contributed by atoms with Crippen molar-refractivity contribution in [3.05, 3.63) is 33.4 Å². The first kappa shape index (κ1) is 22.7. The van der Waals surface area contributed by atoms with Crippen LogP contribution in [0.1, 0.15) is 46.2 Å². The average Bonchev–Trinajstić information content (AvgIpc) is 2.63. The highest BCUT2D eigenvalue weighted by molar-refractivity contribution is 9.10. The summed E-state index contributed by atoms with van der Waals surface area (Å²) in [6.07, 6.45) is -0.843. The maximum Gasteiger partial charge on any atom is 0.347 e. The third-order valence-corrected chi connectivity index (χ3v) is 4.82. The van der Waals surface area contributed by atoms with Gasteiger partial charge in [-0.25, -0.2) is 9.59 Å². The van der Waals surface area contributed by atoms with E-state index >= 15 is 0 Å². The van der Waals surface area contributed by atoms with Gasteiger partial charge in [-0.3, -0.25) is 4.79 Å². The monoisotopic (exact) mass is 468 g/mol.